The molecule has 8 nitrogen and oxygen atoms in total. The molecule has 2 amide bonds. The summed E-state index contributed by atoms with van der Waals surface area (Å²) in [7, 11) is 0. The Balaban J connectivity index is 1.50. The van der Waals surface area contributed by atoms with Crippen LogP contribution in [0.3, 0.4) is 0 Å². The number of amides is 2. The van der Waals surface area contributed by atoms with Crippen LogP contribution in [0.4, 0.5) is 9.18 Å². The van der Waals surface area contributed by atoms with Crippen LogP contribution >= 0.6 is 0 Å². The zero-order chi connectivity index (χ0) is 25.0. The van der Waals surface area contributed by atoms with Crippen molar-refractivity contribution in [3.05, 3.63) is 47.5 Å². The molecule has 1 N–H and O–H groups in total. The number of carbonyl (C=O) groups excluding carboxylic acids is 2. The monoisotopic (exact) mass is 485 g/mol. The molecule has 2 aromatic rings. The summed E-state index contributed by atoms with van der Waals surface area (Å²) in [6.07, 6.45) is 5.07. The lowest BCUT2D eigenvalue weighted by atomic mass is 9.91. The number of hydrogen-bond acceptors (Lipinski definition) is 5. The van der Waals surface area contributed by atoms with E-state index >= 15 is 0 Å². The minimum absolute atomic E-state index is 0.0283. The SMILES string of the molecule is CC(C)(C)OC(=O)N1CCC(c2c(C(=O)NCCN3CCCC3)cnn2-c2ccc(F)cc2)CC1. The summed E-state index contributed by atoms with van der Waals surface area (Å²) in [4.78, 5) is 29.8. The van der Waals surface area contributed by atoms with E-state index in [1.165, 1.54) is 25.0 Å². The van der Waals surface area contributed by atoms with Crippen LogP contribution in [0.2, 0.25) is 0 Å². The first-order chi connectivity index (χ1) is 16.7. The molecule has 0 saturated carbocycles. The van der Waals surface area contributed by atoms with Crippen molar-refractivity contribution >= 4 is 12.0 Å². The van der Waals surface area contributed by atoms with Gasteiger partial charge in [-0.05, 0) is 83.8 Å². The minimum Gasteiger partial charge on any atom is -0.444 e. The number of aromatic nitrogens is 2. The van der Waals surface area contributed by atoms with E-state index in [1.807, 2.05) is 20.8 Å². The Morgan fingerprint density at radius 1 is 1.09 bits per heavy atom. The molecule has 4 rings (SSSR count). The Kier molecular flexibility index (Phi) is 7.74. The third kappa shape index (κ3) is 6.39. The second-order valence-corrected chi connectivity index (χ2v) is 10.4. The Bertz CT molecular complexity index is 1020. The number of likely N-dealkylation sites (tertiary alicyclic amines) is 2. The van der Waals surface area contributed by atoms with E-state index < -0.39 is 5.60 Å². The van der Waals surface area contributed by atoms with Crippen LogP contribution in [0.1, 0.15) is 68.4 Å². The molecule has 2 saturated heterocycles. The molecule has 1 aromatic heterocycles. The van der Waals surface area contributed by atoms with Crippen LogP contribution < -0.4 is 5.32 Å². The third-order valence-electron chi connectivity index (χ3n) is 6.57. The van der Waals surface area contributed by atoms with Gasteiger partial charge in [0, 0.05) is 32.1 Å². The molecule has 2 fully saturated rings. The van der Waals surface area contributed by atoms with Gasteiger partial charge in [-0.25, -0.2) is 13.9 Å². The molecule has 1 aromatic carbocycles. The molecule has 0 bridgehead atoms. The van der Waals surface area contributed by atoms with E-state index in [4.69, 9.17) is 4.74 Å². The topological polar surface area (TPSA) is 79.7 Å². The quantitative estimate of drug-likeness (QED) is 0.670. The fourth-order valence-electron chi connectivity index (χ4n) is 4.80. The van der Waals surface area contributed by atoms with Crippen LogP contribution in [-0.2, 0) is 4.74 Å². The first-order valence-corrected chi connectivity index (χ1v) is 12.5. The number of ether oxygens (including phenoxy) is 1. The molecule has 35 heavy (non-hydrogen) atoms. The van der Waals surface area contributed by atoms with Crippen molar-refractivity contribution in [2.45, 2.75) is 58.0 Å². The summed E-state index contributed by atoms with van der Waals surface area (Å²) in [6.45, 7) is 10.2. The highest BCUT2D eigenvalue weighted by Gasteiger charge is 2.32. The number of carbonyl (C=O) groups is 2. The van der Waals surface area contributed by atoms with Gasteiger partial charge in [0.25, 0.3) is 5.91 Å². The zero-order valence-corrected chi connectivity index (χ0v) is 20.9. The maximum Gasteiger partial charge on any atom is 0.410 e. The largest absolute Gasteiger partial charge is 0.444 e. The van der Waals surface area contributed by atoms with Crippen molar-refractivity contribution in [3.8, 4) is 5.69 Å². The second-order valence-electron chi connectivity index (χ2n) is 10.4. The number of benzene rings is 1. The molecule has 0 radical (unpaired) electrons. The van der Waals surface area contributed by atoms with Crippen molar-refractivity contribution in [1.29, 1.82) is 0 Å². The highest BCUT2D eigenvalue weighted by atomic mass is 19.1. The lowest BCUT2D eigenvalue weighted by Crippen LogP contribution is -2.41. The normalized spacial score (nSPS) is 17.5. The average Bonchev–Trinajstić information content (AvgIpc) is 3.49. The highest BCUT2D eigenvalue weighted by molar-refractivity contribution is 5.95. The van der Waals surface area contributed by atoms with Crippen molar-refractivity contribution in [3.63, 3.8) is 0 Å². The van der Waals surface area contributed by atoms with Crippen LogP contribution in [0.5, 0.6) is 0 Å². The van der Waals surface area contributed by atoms with Gasteiger partial charge in [-0.1, -0.05) is 0 Å². The van der Waals surface area contributed by atoms with Gasteiger partial charge < -0.3 is 19.9 Å². The van der Waals surface area contributed by atoms with Crippen molar-refractivity contribution < 1.29 is 18.7 Å². The number of rotatable bonds is 6. The van der Waals surface area contributed by atoms with E-state index in [2.05, 4.69) is 15.3 Å². The van der Waals surface area contributed by atoms with Gasteiger partial charge >= 0.3 is 6.09 Å². The number of nitrogens with one attached hydrogen (secondary N) is 1. The summed E-state index contributed by atoms with van der Waals surface area (Å²) < 4.78 is 20.8. The van der Waals surface area contributed by atoms with Crippen LogP contribution in [0.25, 0.3) is 5.69 Å². The summed E-state index contributed by atoms with van der Waals surface area (Å²) in [5.41, 5.74) is 1.49. The molecule has 0 spiro atoms. The summed E-state index contributed by atoms with van der Waals surface area (Å²) in [5.74, 6) is -0.448. The Labute approximate surface area is 206 Å². The predicted molar refractivity (Wildman–Crippen MR) is 131 cm³/mol. The zero-order valence-electron chi connectivity index (χ0n) is 20.9. The first-order valence-electron chi connectivity index (χ1n) is 12.5. The Hall–Kier alpha value is -2.94. The van der Waals surface area contributed by atoms with Gasteiger partial charge in [0.15, 0.2) is 0 Å². The number of piperidine rings is 1. The molecule has 9 heteroatoms. The lowest BCUT2D eigenvalue weighted by Gasteiger charge is -2.34. The van der Waals surface area contributed by atoms with E-state index in [1.54, 1.807) is 27.9 Å². The predicted octanol–water partition coefficient (Wildman–Crippen LogP) is 3.95. The van der Waals surface area contributed by atoms with Gasteiger partial charge in [0.1, 0.15) is 11.4 Å². The molecule has 3 heterocycles. The number of hydrogen-bond donors (Lipinski definition) is 1. The molecule has 2 aliphatic heterocycles. The van der Waals surface area contributed by atoms with Gasteiger partial charge in [-0.15, -0.1) is 0 Å². The van der Waals surface area contributed by atoms with Crippen molar-refractivity contribution in [2.24, 2.45) is 0 Å². The minimum atomic E-state index is -0.546. The second kappa shape index (κ2) is 10.8. The van der Waals surface area contributed by atoms with Crippen molar-refractivity contribution in [2.75, 3.05) is 39.3 Å². The maximum absolute atomic E-state index is 13.5. The smallest absolute Gasteiger partial charge is 0.410 e. The first kappa shape index (κ1) is 25.2. The molecule has 0 aliphatic carbocycles. The third-order valence-corrected chi connectivity index (χ3v) is 6.57. The summed E-state index contributed by atoms with van der Waals surface area (Å²) >= 11 is 0. The van der Waals surface area contributed by atoms with Gasteiger partial charge in [-0.2, -0.15) is 5.10 Å². The maximum atomic E-state index is 13.5. The lowest BCUT2D eigenvalue weighted by molar-refractivity contribution is 0.0203. The molecule has 0 unspecified atom stereocenters. The van der Waals surface area contributed by atoms with Crippen LogP contribution in [-0.4, -0.2) is 76.5 Å². The van der Waals surface area contributed by atoms with E-state index in [-0.39, 0.29) is 23.7 Å². The van der Waals surface area contributed by atoms with Crippen LogP contribution in [0.15, 0.2) is 30.5 Å². The van der Waals surface area contributed by atoms with E-state index in [9.17, 15) is 14.0 Å². The molecule has 0 atom stereocenters. The average molecular weight is 486 g/mol. The number of nitrogens with zero attached hydrogens (tertiary/aromatic N) is 4. The standard InChI is InChI=1S/C26H36FN5O3/c1-26(2,3)35-25(34)31-15-10-19(11-16-31)23-22(24(33)28-12-17-30-13-4-5-14-30)18-29-32(23)21-8-6-20(27)7-9-21/h6-9,18-19H,4-5,10-17H2,1-3H3,(H,28,33). The van der Waals surface area contributed by atoms with E-state index in [0.717, 1.165) is 25.3 Å². The molecular weight excluding hydrogens is 449 g/mol. The van der Waals surface area contributed by atoms with Crippen molar-refractivity contribution in [1.82, 2.24) is 24.9 Å². The van der Waals surface area contributed by atoms with E-state index in [0.29, 0.717) is 43.7 Å². The van der Waals surface area contributed by atoms with Gasteiger partial charge in [0.2, 0.25) is 0 Å². The summed E-state index contributed by atoms with van der Waals surface area (Å²) in [5, 5.41) is 7.57. The number of halogens is 1. The van der Waals surface area contributed by atoms with Crippen LogP contribution in [0, 0.1) is 5.82 Å². The van der Waals surface area contributed by atoms with Gasteiger partial charge in [-0.3, -0.25) is 4.79 Å². The summed E-state index contributed by atoms with van der Waals surface area (Å²) in [6, 6.07) is 6.11. The fourth-order valence-corrected chi connectivity index (χ4v) is 4.80. The molecule has 190 valence electrons. The highest BCUT2D eigenvalue weighted by Crippen LogP contribution is 2.32. The van der Waals surface area contributed by atoms with Gasteiger partial charge in [0.05, 0.1) is 23.1 Å². The Morgan fingerprint density at radius 2 is 1.74 bits per heavy atom. The fraction of sp³-hybridized carbons (Fsp3) is 0.577. The Morgan fingerprint density at radius 3 is 2.37 bits per heavy atom. The molecular formula is C26H36FN5O3. The molecule has 2 aliphatic rings.